The van der Waals surface area contributed by atoms with Crippen LogP contribution in [0.2, 0.25) is 0 Å². The fourth-order valence-corrected chi connectivity index (χ4v) is 3.45. The first kappa shape index (κ1) is 16.3. The number of fused-ring (bicyclic) bond motifs is 1. The van der Waals surface area contributed by atoms with Crippen LogP contribution >= 0.6 is 0 Å². The average Bonchev–Trinajstić information content (AvgIpc) is 2.51. The Balaban J connectivity index is 0.00000161. The monoisotopic (exact) mass is 308 g/mol. The molecule has 1 heterocycles. The largest absolute Gasteiger partial charge is 1.00 e. The fourth-order valence-electron chi connectivity index (χ4n) is 3.45. The number of aryl methyl sites for hydroxylation is 1. The second-order valence-corrected chi connectivity index (χ2v) is 5.98. The molecular weight excluding hydrogens is 286 g/mol. The number of ether oxygens (including phenoxy) is 1. The normalized spacial score (nSPS) is 22.3. The molecule has 2 aliphatic rings. The minimum Gasteiger partial charge on any atom is -1.00 e. The van der Waals surface area contributed by atoms with Gasteiger partial charge < -0.3 is 22.0 Å². The Morgan fingerprint density at radius 1 is 1.24 bits per heavy atom. The van der Waals surface area contributed by atoms with Gasteiger partial charge in [0.1, 0.15) is 5.75 Å². The highest BCUT2D eigenvalue weighted by atomic mass is 35.5. The number of carbonyl (C=O) groups excluding carboxylic acids is 1. The van der Waals surface area contributed by atoms with Crippen molar-refractivity contribution in [2.24, 2.45) is 5.92 Å². The van der Waals surface area contributed by atoms with Crippen LogP contribution in [0.1, 0.15) is 41.6 Å². The lowest BCUT2D eigenvalue weighted by molar-refractivity contribution is -0.0000129. The summed E-state index contributed by atoms with van der Waals surface area (Å²) < 4.78 is 5.24. The van der Waals surface area contributed by atoms with Crippen LogP contribution in [0.5, 0.6) is 5.75 Å². The highest BCUT2D eigenvalue weighted by Gasteiger charge is 2.29. The quantitative estimate of drug-likeness (QED) is 0.783. The van der Waals surface area contributed by atoms with E-state index in [4.69, 9.17) is 4.74 Å². The minimum atomic E-state index is 0. The molecule has 1 aromatic carbocycles. The van der Waals surface area contributed by atoms with Gasteiger partial charge in [-0.25, -0.2) is 0 Å². The molecule has 0 radical (unpaired) electrons. The summed E-state index contributed by atoms with van der Waals surface area (Å²) in [7, 11) is 1.67. The Bertz CT molecular complexity index is 498. The van der Waals surface area contributed by atoms with Crippen LogP contribution < -0.4 is 17.1 Å². The van der Waals surface area contributed by atoms with Crippen molar-refractivity contribution in [2.45, 2.75) is 32.1 Å². The van der Waals surface area contributed by atoms with E-state index in [1.165, 1.54) is 32.4 Å². The van der Waals surface area contributed by atoms with Crippen molar-refractivity contribution in [3.63, 3.8) is 0 Å². The summed E-state index contributed by atoms with van der Waals surface area (Å²) in [6, 6.07) is 5.86. The molecular formula is C17H23ClNO2-. The van der Waals surface area contributed by atoms with Crippen LogP contribution in [0, 0.1) is 5.92 Å². The van der Waals surface area contributed by atoms with Crippen molar-refractivity contribution in [3.05, 3.63) is 29.3 Å². The van der Waals surface area contributed by atoms with Gasteiger partial charge in [-0.15, -0.1) is 0 Å². The Hall–Kier alpha value is -1.06. The maximum Gasteiger partial charge on any atom is 0.167 e. The standard InChI is InChI=1S/C17H23NO2.ClH/c1-20-15-7-8-16-13(11-15)5-6-14(17(16)19)12-18-9-3-2-4-10-18;/h7-8,11,14H,2-6,9-10,12H2,1H3;1H/p-1. The molecule has 116 valence electrons. The highest BCUT2D eigenvalue weighted by Crippen LogP contribution is 2.29. The predicted molar refractivity (Wildman–Crippen MR) is 79.4 cm³/mol. The lowest BCUT2D eigenvalue weighted by Gasteiger charge is -2.32. The van der Waals surface area contributed by atoms with Gasteiger partial charge in [0.05, 0.1) is 7.11 Å². The van der Waals surface area contributed by atoms with Gasteiger partial charge in [-0.2, -0.15) is 0 Å². The van der Waals surface area contributed by atoms with Crippen LogP contribution in [0.15, 0.2) is 18.2 Å². The smallest absolute Gasteiger partial charge is 0.167 e. The lowest BCUT2D eigenvalue weighted by atomic mass is 9.82. The summed E-state index contributed by atoms with van der Waals surface area (Å²) in [4.78, 5) is 15.1. The third kappa shape index (κ3) is 3.58. The number of hydrogen-bond donors (Lipinski definition) is 0. The van der Waals surface area contributed by atoms with E-state index >= 15 is 0 Å². The van der Waals surface area contributed by atoms with Crippen LogP contribution in [0.25, 0.3) is 0 Å². The Kier molecular flexibility index (Phi) is 5.65. The maximum atomic E-state index is 12.6. The highest BCUT2D eigenvalue weighted by molar-refractivity contribution is 6.00. The van der Waals surface area contributed by atoms with Crippen LogP contribution in [0.3, 0.4) is 0 Å². The molecule has 3 nitrogen and oxygen atoms in total. The summed E-state index contributed by atoms with van der Waals surface area (Å²) in [5.41, 5.74) is 2.07. The summed E-state index contributed by atoms with van der Waals surface area (Å²) in [6.07, 6.45) is 5.90. The molecule has 1 aromatic rings. The number of halogens is 1. The van der Waals surface area contributed by atoms with Crippen molar-refractivity contribution in [2.75, 3.05) is 26.7 Å². The topological polar surface area (TPSA) is 29.5 Å². The molecule has 1 unspecified atom stereocenters. The van der Waals surface area contributed by atoms with Gasteiger partial charge in [-0.05, 0) is 62.5 Å². The Labute approximate surface area is 133 Å². The second kappa shape index (κ2) is 7.28. The van der Waals surface area contributed by atoms with Crippen LogP contribution in [0.4, 0.5) is 0 Å². The SMILES string of the molecule is COc1ccc2c(c1)CCC(CN1CCCCC1)C2=O.[Cl-]. The molecule has 0 N–H and O–H groups in total. The van der Waals surface area contributed by atoms with Crippen LogP contribution in [-0.4, -0.2) is 37.4 Å². The van der Waals surface area contributed by atoms with Crippen molar-refractivity contribution in [1.82, 2.24) is 4.90 Å². The van der Waals surface area contributed by atoms with Gasteiger partial charge in [0.15, 0.2) is 5.78 Å². The summed E-state index contributed by atoms with van der Waals surface area (Å²) in [6.45, 7) is 3.28. The zero-order valence-electron chi connectivity index (χ0n) is 12.6. The van der Waals surface area contributed by atoms with E-state index in [1.54, 1.807) is 7.11 Å². The molecule has 0 spiro atoms. The van der Waals surface area contributed by atoms with Crippen LogP contribution in [-0.2, 0) is 6.42 Å². The molecule has 0 bridgehead atoms. The number of methoxy groups -OCH3 is 1. The molecule has 21 heavy (non-hydrogen) atoms. The van der Waals surface area contributed by atoms with Crippen molar-refractivity contribution in [3.8, 4) is 5.75 Å². The first-order valence-electron chi connectivity index (χ1n) is 7.71. The third-order valence-electron chi connectivity index (χ3n) is 4.64. The number of nitrogens with zero attached hydrogens (tertiary/aromatic N) is 1. The first-order valence-corrected chi connectivity index (χ1v) is 7.71. The Morgan fingerprint density at radius 2 is 2.00 bits per heavy atom. The first-order chi connectivity index (χ1) is 9.78. The maximum absolute atomic E-state index is 12.6. The predicted octanol–water partition coefficient (Wildman–Crippen LogP) is -0.0698. The van der Waals surface area contributed by atoms with E-state index in [0.717, 1.165) is 36.3 Å². The van der Waals surface area contributed by atoms with Gasteiger partial charge in [0, 0.05) is 18.0 Å². The lowest BCUT2D eigenvalue weighted by Crippen LogP contribution is -3.00. The molecule has 1 fully saturated rings. The number of benzene rings is 1. The van der Waals surface area contributed by atoms with Gasteiger partial charge in [0.25, 0.3) is 0 Å². The third-order valence-corrected chi connectivity index (χ3v) is 4.64. The second-order valence-electron chi connectivity index (χ2n) is 5.98. The van der Waals surface area contributed by atoms with Gasteiger partial charge in [-0.1, -0.05) is 6.42 Å². The van der Waals surface area contributed by atoms with Crippen molar-refractivity contribution in [1.29, 1.82) is 0 Å². The number of carbonyl (C=O) groups is 1. The number of rotatable bonds is 3. The molecule has 0 saturated carbocycles. The molecule has 0 aromatic heterocycles. The molecule has 0 amide bonds. The number of ketones is 1. The van der Waals surface area contributed by atoms with E-state index in [0.29, 0.717) is 5.78 Å². The molecule has 1 atom stereocenters. The minimum absolute atomic E-state index is 0. The van der Waals surface area contributed by atoms with E-state index < -0.39 is 0 Å². The van der Waals surface area contributed by atoms with E-state index in [9.17, 15) is 4.79 Å². The van der Waals surface area contributed by atoms with Gasteiger partial charge in [-0.3, -0.25) is 4.79 Å². The van der Waals surface area contributed by atoms with Gasteiger partial charge >= 0.3 is 0 Å². The Morgan fingerprint density at radius 3 is 2.71 bits per heavy atom. The number of hydrogen-bond acceptors (Lipinski definition) is 3. The zero-order valence-corrected chi connectivity index (χ0v) is 13.4. The van der Waals surface area contributed by atoms with Gasteiger partial charge in [0.2, 0.25) is 0 Å². The summed E-state index contributed by atoms with van der Waals surface area (Å²) in [5.74, 6) is 1.37. The number of piperidine rings is 1. The zero-order chi connectivity index (χ0) is 13.9. The molecule has 1 aliphatic carbocycles. The molecule has 3 rings (SSSR count). The van der Waals surface area contributed by atoms with Crippen molar-refractivity contribution >= 4 is 5.78 Å². The molecule has 1 aliphatic heterocycles. The van der Waals surface area contributed by atoms with E-state index in [-0.39, 0.29) is 18.3 Å². The van der Waals surface area contributed by atoms with Crippen molar-refractivity contribution < 1.29 is 21.9 Å². The fraction of sp³-hybridized carbons (Fsp3) is 0.588. The molecule has 4 heteroatoms. The van der Waals surface area contributed by atoms with E-state index in [2.05, 4.69) is 4.90 Å². The summed E-state index contributed by atoms with van der Waals surface area (Å²) >= 11 is 0. The average molecular weight is 309 g/mol. The number of Topliss-reactive ketones (excluding diaryl/α,β-unsaturated/α-hetero) is 1. The molecule has 1 saturated heterocycles. The van der Waals surface area contributed by atoms with E-state index in [1.807, 2.05) is 18.2 Å². The summed E-state index contributed by atoms with van der Waals surface area (Å²) in [5, 5.41) is 0. The number of likely N-dealkylation sites (tertiary alicyclic amines) is 1.